The molecule has 3 heterocycles. The first-order valence-corrected chi connectivity index (χ1v) is 8.22. The summed E-state index contributed by atoms with van der Waals surface area (Å²) < 4.78 is 5.46. The number of aryl methyl sites for hydroxylation is 1. The van der Waals surface area contributed by atoms with E-state index in [1.165, 1.54) is 39.9 Å². The minimum Gasteiger partial charge on any atom is -0.378 e. The normalized spacial score (nSPS) is 23.1. The highest BCUT2D eigenvalue weighted by Crippen LogP contribution is 2.40. The Bertz CT molecular complexity index is 633. The van der Waals surface area contributed by atoms with Crippen LogP contribution in [-0.2, 0) is 17.6 Å². The smallest absolute Gasteiger partial charge is 0.141 e. The van der Waals surface area contributed by atoms with Crippen molar-refractivity contribution < 1.29 is 4.74 Å². The van der Waals surface area contributed by atoms with E-state index in [9.17, 15) is 0 Å². The molecule has 0 saturated carbocycles. The van der Waals surface area contributed by atoms with E-state index >= 15 is 0 Å². The number of hydrogen-bond acceptors (Lipinski definition) is 5. The van der Waals surface area contributed by atoms with Crippen molar-refractivity contribution in [2.75, 3.05) is 31.2 Å². The summed E-state index contributed by atoms with van der Waals surface area (Å²) in [5, 5.41) is 1.32. The van der Waals surface area contributed by atoms with Gasteiger partial charge in [0.25, 0.3) is 0 Å². The van der Waals surface area contributed by atoms with Gasteiger partial charge in [-0.2, -0.15) is 0 Å². The molecule has 20 heavy (non-hydrogen) atoms. The Morgan fingerprint density at radius 3 is 3.00 bits per heavy atom. The molecule has 2 aliphatic rings. The van der Waals surface area contributed by atoms with E-state index in [2.05, 4.69) is 21.8 Å². The number of hydrogen-bond donors (Lipinski definition) is 0. The standard InChI is InChI=1S/C15H19N3OS/c1-10-2-3-11-12(8-10)20-15-13(11)14(16-9-17-15)18-4-6-19-7-5-18/h9-10H,2-8H2,1H3/t10-/m1/s1. The van der Waals surface area contributed by atoms with Gasteiger partial charge in [0.05, 0.1) is 18.6 Å². The van der Waals surface area contributed by atoms with Crippen molar-refractivity contribution in [2.24, 2.45) is 5.92 Å². The van der Waals surface area contributed by atoms with Gasteiger partial charge >= 0.3 is 0 Å². The molecular formula is C15H19N3OS. The van der Waals surface area contributed by atoms with E-state index < -0.39 is 0 Å². The van der Waals surface area contributed by atoms with Gasteiger partial charge < -0.3 is 9.64 Å². The molecule has 5 heteroatoms. The van der Waals surface area contributed by atoms with Crippen molar-refractivity contribution in [3.63, 3.8) is 0 Å². The molecule has 106 valence electrons. The van der Waals surface area contributed by atoms with Gasteiger partial charge in [-0.1, -0.05) is 6.92 Å². The van der Waals surface area contributed by atoms with Crippen LogP contribution < -0.4 is 4.90 Å². The molecule has 0 N–H and O–H groups in total. The highest BCUT2D eigenvalue weighted by molar-refractivity contribution is 7.19. The molecule has 1 aliphatic carbocycles. The lowest BCUT2D eigenvalue weighted by Gasteiger charge is -2.28. The van der Waals surface area contributed by atoms with E-state index in [1.54, 1.807) is 6.33 Å². The van der Waals surface area contributed by atoms with Crippen LogP contribution in [0.3, 0.4) is 0 Å². The Balaban J connectivity index is 1.84. The van der Waals surface area contributed by atoms with E-state index in [-0.39, 0.29) is 0 Å². The zero-order valence-corrected chi connectivity index (χ0v) is 12.6. The predicted octanol–water partition coefficient (Wildman–Crippen LogP) is 2.65. The molecule has 0 spiro atoms. The Labute approximate surface area is 122 Å². The van der Waals surface area contributed by atoms with E-state index in [4.69, 9.17) is 4.74 Å². The fourth-order valence-corrected chi connectivity index (χ4v) is 4.62. The molecule has 0 bridgehead atoms. The van der Waals surface area contributed by atoms with Gasteiger partial charge in [-0.25, -0.2) is 9.97 Å². The molecule has 4 rings (SSSR count). The number of thiophene rings is 1. The summed E-state index contributed by atoms with van der Waals surface area (Å²) in [6, 6.07) is 0. The molecule has 0 radical (unpaired) electrons. The molecule has 4 nitrogen and oxygen atoms in total. The van der Waals surface area contributed by atoms with Crippen molar-refractivity contribution >= 4 is 27.4 Å². The lowest BCUT2D eigenvalue weighted by atomic mass is 9.89. The SMILES string of the molecule is C[C@@H]1CCc2c(sc3ncnc(N4CCOCC4)c23)C1. The number of aromatic nitrogens is 2. The molecular weight excluding hydrogens is 270 g/mol. The van der Waals surface area contributed by atoms with Crippen LogP contribution in [-0.4, -0.2) is 36.3 Å². The van der Waals surface area contributed by atoms with E-state index in [1.807, 2.05) is 11.3 Å². The third-order valence-corrected chi connectivity index (χ3v) is 5.54. The molecule has 1 aliphatic heterocycles. The summed E-state index contributed by atoms with van der Waals surface area (Å²) >= 11 is 1.87. The van der Waals surface area contributed by atoms with Crippen LogP contribution in [0.25, 0.3) is 10.2 Å². The second-order valence-electron chi connectivity index (χ2n) is 5.83. The van der Waals surface area contributed by atoms with Gasteiger partial charge in [0, 0.05) is 18.0 Å². The lowest BCUT2D eigenvalue weighted by molar-refractivity contribution is 0.122. The highest BCUT2D eigenvalue weighted by atomic mass is 32.1. The molecule has 1 atom stereocenters. The summed E-state index contributed by atoms with van der Waals surface area (Å²) in [5.74, 6) is 1.93. The van der Waals surface area contributed by atoms with Gasteiger partial charge in [0.2, 0.25) is 0 Å². The maximum Gasteiger partial charge on any atom is 0.141 e. The third-order valence-electron chi connectivity index (χ3n) is 4.38. The van der Waals surface area contributed by atoms with Crippen molar-refractivity contribution in [3.05, 3.63) is 16.8 Å². The number of ether oxygens (including phenoxy) is 1. The fourth-order valence-electron chi connectivity index (χ4n) is 3.27. The molecule has 1 saturated heterocycles. The first kappa shape index (κ1) is 12.5. The Morgan fingerprint density at radius 2 is 2.15 bits per heavy atom. The van der Waals surface area contributed by atoms with E-state index in [0.717, 1.165) is 38.0 Å². The summed E-state index contributed by atoms with van der Waals surface area (Å²) in [5.41, 5.74) is 1.52. The van der Waals surface area contributed by atoms with Crippen LogP contribution in [0.5, 0.6) is 0 Å². The number of morpholine rings is 1. The van der Waals surface area contributed by atoms with Crippen LogP contribution >= 0.6 is 11.3 Å². The van der Waals surface area contributed by atoms with Crippen molar-refractivity contribution in [1.29, 1.82) is 0 Å². The van der Waals surface area contributed by atoms with Crippen LogP contribution in [0.1, 0.15) is 23.8 Å². The molecule has 1 fully saturated rings. The van der Waals surface area contributed by atoms with Crippen LogP contribution in [0, 0.1) is 5.92 Å². The summed E-state index contributed by atoms with van der Waals surface area (Å²) in [4.78, 5) is 14.2. The first-order valence-electron chi connectivity index (χ1n) is 7.41. The molecule has 0 aromatic carbocycles. The zero-order chi connectivity index (χ0) is 13.5. The Morgan fingerprint density at radius 1 is 1.30 bits per heavy atom. The quantitative estimate of drug-likeness (QED) is 0.809. The fraction of sp³-hybridized carbons (Fsp3) is 0.600. The van der Waals surface area contributed by atoms with Crippen molar-refractivity contribution in [2.45, 2.75) is 26.2 Å². The van der Waals surface area contributed by atoms with Gasteiger partial charge in [0.15, 0.2) is 0 Å². The number of rotatable bonds is 1. The van der Waals surface area contributed by atoms with Crippen LogP contribution in [0.4, 0.5) is 5.82 Å². The molecule has 0 amide bonds. The maximum atomic E-state index is 5.46. The molecule has 0 unspecified atom stereocenters. The predicted molar refractivity (Wildman–Crippen MR) is 81.6 cm³/mol. The van der Waals surface area contributed by atoms with E-state index in [0.29, 0.717) is 0 Å². The summed E-state index contributed by atoms with van der Waals surface area (Å²) in [6.07, 6.45) is 5.40. The second-order valence-corrected chi connectivity index (χ2v) is 6.91. The van der Waals surface area contributed by atoms with Gasteiger partial charge in [0.1, 0.15) is 17.0 Å². The largest absolute Gasteiger partial charge is 0.378 e. The average Bonchev–Trinajstić information content (AvgIpc) is 2.85. The molecule has 2 aromatic heterocycles. The zero-order valence-electron chi connectivity index (χ0n) is 11.8. The highest BCUT2D eigenvalue weighted by Gasteiger charge is 2.25. The third kappa shape index (κ3) is 2.00. The van der Waals surface area contributed by atoms with Crippen LogP contribution in [0.15, 0.2) is 6.33 Å². The minimum atomic E-state index is 0.800. The Hall–Kier alpha value is -1.20. The first-order chi connectivity index (χ1) is 9.83. The van der Waals surface area contributed by atoms with Crippen molar-refractivity contribution in [3.8, 4) is 0 Å². The topological polar surface area (TPSA) is 38.2 Å². The van der Waals surface area contributed by atoms with Crippen molar-refractivity contribution in [1.82, 2.24) is 9.97 Å². The average molecular weight is 289 g/mol. The monoisotopic (exact) mass is 289 g/mol. The minimum absolute atomic E-state index is 0.800. The van der Waals surface area contributed by atoms with Gasteiger partial charge in [-0.3, -0.25) is 0 Å². The number of nitrogens with zero attached hydrogens (tertiary/aromatic N) is 3. The molecule has 2 aromatic rings. The number of fused-ring (bicyclic) bond motifs is 3. The van der Waals surface area contributed by atoms with Gasteiger partial charge in [-0.05, 0) is 30.7 Å². The number of anilines is 1. The summed E-state index contributed by atoms with van der Waals surface area (Å²) in [7, 11) is 0. The second kappa shape index (κ2) is 4.97. The van der Waals surface area contributed by atoms with Gasteiger partial charge in [-0.15, -0.1) is 11.3 Å². The Kier molecular flexibility index (Phi) is 3.11. The maximum absolute atomic E-state index is 5.46. The van der Waals surface area contributed by atoms with Crippen LogP contribution in [0.2, 0.25) is 0 Å². The summed E-state index contributed by atoms with van der Waals surface area (Å²) in [6.45, 7) is 5.83. The lowest BCUT2D eigenvalue weighted by Crippen LogP contribution is -2.37.